The van der Waals surface area contributed by atoms with Crippen molar-refractivity contribution in [3.63, 3.8) is 0 Å². The second-order valence-electron chi connectivity index (χ2n) is 2.95. The maximum absolute atomic E-state index is 9.60. The van der Waals surface area contributed by atoms with Crippen molar-refractivity contribution in [2.24, 2.45) is 0 Å². The number of hydrogen-bond donors (Lipinski definition) is 1. The van der Waals surface area contributed by atoms with E-state index in [4.69, 9.17) is 5.11 Å². The largest absolute Gasteiger partial charge is 0.478 e. The fraction of sp³-hybridized carbons (Fsp3) is 0.0667. The number of rotatable bonds is 2. The van der Waals surface area contributed by atoms with Gasteiger partial charge in [0.1, 0.15) is 0 Å². The number of hydrogen-bond acceptors (Lipinski definition) is 1. The average Bonchev–Trinajstić information content (AvgIpc) is 2.32. The van der Waals surface area contributed by atoms with Gasteiger partial charge in [0.2, 0.25) is 0 Å². The van der Waals surface area contributed by atoms with E-state index in [1.807, 2.05) is 36.4 Å². The molecule has 1 aromatic carbocycles. The van der Waals surface area contributed by atoms with Crippen molar-refractivity contribution < 1.29 is 9.90 Å². The Hall–Kier alpha value is -2.31. The van der Waals surface area contributed by atoms with Crippen LogP contribution in [0.1, 0.15) is 12.5 Å². The summed E-state index contributed by atoms with van der Waals surface area (Å²) < 4.78 is 0. The number of carbonyl (C=O) groups is 1. The van der Waals surface area contributed by atoms with Crippen LogP contribution >= 0.6 is 0 Å². The minimum atomic E-state index is -0.935. The van der Waals surface area contributed by atoms with Gasteiger partial charge in [-0.05, 0) is 12.5 Å². The fourth-order valence-corrected chi connectivity index (χ4v) is 0.589. The van der Waals surface area contributed by atoms with E-state index in [2.05, 4.69) is 32.0 Å². The van der Waals surface area contributed by atoms with Crippen LogP contribution in [0.5, 0.6) is 0 Å². The second-order valence-corrected chi connectivity index (χ2v) is 2.95. The molecule has 1 N–H and O–H groups in total. The first kappa shape index (κ1) is 17.1. The molecule has 0 saturated heterocycles. The summed E-state index contributed by atoms with van der Waals surface area (Å²) in [4.78, 5) is 9.60. The van der Waals surface area contributed by atoms with Gasteiger partial charge in [-0.3, -0.25) is 0 Å². The van der Waals surface area contributed by atoms with E-state index in [0.717, 1.165) is 0 Å². The Morgan fingerprint density at radius 2 is 1.65 bits per heavy atom. The highest BCUT2D eigenvalue weighted by molar-refractivity contribution is 5.84. The van der Waals surface area contributed by atoms with Crippen LogP contribution in [0.4, 0.5) is 0 Å². The molecule has 0 bridgehead atoms. The lowest BCUT2D eigenvalue weighted by Gasteiger charge is -1.85. The van der Waals surface area contributed by atoms with Crippen LogP contribution in [-0.2, 0) is 4.79 Å². The topological polar surface area (TPSA) is 37.3 Å². The van der Waals surface area contributed by atoms with Crippen molar-refractivity contribution in [1.82, 2.24) is 0 Å². The van der Waals surface area contributed by atoms with Gasteiger partial charge in [0.15, 0.2) is 0 Å². The van der Waals surface area contributed by atoms with Crippen molar-refractivity contribution in [3.8, 4) is 0 Å². The lowest BCUT2D eigenvalue weighted by atomic mass is 10.2. The van der Waals surface area contributed by atoms with Crippen LogP contribution in [0.25, 0.3) is 6.08 Å². The van der Waals surface area contributed by atoms with Gasteiger partial charge in [0, 0.05) is 5.57 Å². The highest BCUT2D eigenvalue weighted by Gasteiger charge is 1.90. The zero-order valence-electron chi connectivity index (χ0n) is 10.1. The molecule has 0 amide bonds. The van der Waals surface area contributed by atoms with Crippen molar-refractivity contribution in [2.75, 3.05) is 0 Å². The van der Waals surface area contributed by atoms with Crippen LogP contribution in [0.15, 0.2) is 68.0 Å². The van der Waals surface area contributed by atoms with Gasteiger partial charge < -0.3 is 5.11 Å². The zero-order chi connectivity index (χ0) is 13.7. The summed E-state index contributed by atoms with van der Waals surface area (Å²) in [7, 11) is 0. The molecule has 2 nitrogen and oxygen atoms in total. The molecule has 0 unspecified atom stereocenters. The highest BCUT2D eigenvalue weighted by Crippen LogP contribution is 1.97. The lowest BCUT2D eigenvalue weighted by molar-refractivity contribution is -0.132. The Kier molecular flexibility index (Phi) is 11.8. The van der Waals surface area contributed by atoms with Gasteiger partial charge in [-0.25, -0.2) is 4.79 Å². The van der Waals surface area contributed by atoms with Crippen molar-refractivity contribution in [3.05, 3.63) is 73.5 Å². The third-order valence-corrected chi connectivity index (χ3v) is 1.40. The van der Waals surface area contributed by atoms with Crippen LogP contribution < -0.4 is 0 Å². The summed E-state index contributed by atoms with van der Waals surface area (Å²) in [5.74, 6) is -0.935. The van der Waals surface area contributed by atoms with Gasteiger partial charge in [0.25, 0.3) is 0 Å². The van der Waals surface area contributed by atoms with Gasteiger partial charge in [-0.2, -0.15) is 0 Å². The first-order valence-electron chi connectivity index (χ1n) is 4.85. The van der Waals surface area contributed by atoms with Gasteiger partial charge >= 0.3 is 5.97 Å². The van der Waals surface area contributed by atoms with Crippen LogP contribution in [0.2, 0.25) is 0 Å². The molecule has 0 aromatic heterocycles. The number of carboxylic acid groups (broad SMARTS) is 1. The molecule has 0 radical (unpaired) electrons. The molecular formula is C15H18O2. The molecule has 17 heavy (non-hydrogen) atoms. The second kappa shape index (κ2) is 11.8. The Balaban J connectivity index is 0. The molecule has 0 saturated carbocycles. The smallest absolute Gasteiger partial charge is 0.330 e. The van der Waals surface area contributed by atoms with E-state index in [0.29, 0.717) is 0 Å². The Labute approximate surface area is 103 Å². The van der Waals surface area contributed by atoms with Crippen LogP contribution in [-0.4, -0.2) is 11.1 Å². The lowest BCUT2D eigenvalue weighted by Crippen LogP contribution is -1.92. The molecule has 0 fully saturated rings. The molecule has 0 atom stereocenters. The predicted octanol–water partition coefficient (Wildman–Crippen LogP) is 3.93. The van der Waals surface area contributed by atoms with Gasteiger partial charge in [-0.15, -0.1) is 5.73 Å². The normalized spacial score (nSPS) is 7.12. The van der Waals surface area contributed by atoms with Gasteiger partial charge in [-0.1, -0.05) is 62.7 Å². The summed E-state index contributed by atoms with van der Waals surface area (Å²) >= 11 is 0. The third kappa shape index (κ3) is 13.7. The standard InChI is InChI=1S/C8H8.C4H6O2.C3H4/c1-2-8-6-4-3-5-7-8;1-3(2)4(5)6;1-3-2/h2-7H,1H2;1H2,2H3,(H,5,6);1-2H2. The van der Waals surface area contributed by atoms with E-state index in [1.165, 1.54) is 12.5 Å². The Morgan fingerprint density at radius 1 is 1.29 bits per heavy atom. The van der Waals surface area contributed by atoms with E-state index < -0.39 is 5.97 Å². The summed E-state index contributed by atoms with van der Waals surface area (Å²) in [5.41, 5.74) is 3.60. The molecule has 1 aromatic rings. The average molecular weight is 230 g/mol. The van der Waals surface area contributed by atoms with Crippen molar-refractivity contribution in [1.29, 1.82) is 0 Å². The summed E-state index contributed by atoms with van der Waals surface area (Å²) in [6, 6.07) is 10.0. The first-order chi connectivity index (χ1) is 7.99. The molecule has 90 valence electrons. The minimum Gasteiger partial charge on any atom is -0.478 e. The Bertz CT molecular complexity index is 371. The monoisotopic (exact) mass is 230 g/mol. The van der Waals surface area contributed by atoms with Gasteiger partial charge in [0.05, 0.1) is 0 Å². The summed E-state index contributed by atoms with van der Waals surface area (Å²) in [6.45, 7) is 14.5. The molecular weight excluding hydrogens is 212 g/mol. The minimum absolute atomic E-state index is 0.176. The van der Waals surface area contributed by atoms with E-state index in [-0.39, 0.29) is 5.57 Å². The van der Waals surface area contributed by atoms with Crippen LogP contribution in [0.3, 0.4) is 0 Å². The third-order valence-electron chi connectivity index (χ3n) is 1.40. The van der Waals surface area contributed by atoms with E-state index in [9.17, 15) is 4.79 Å². The molecule has 0 aliphatic rings. The summed E-state index contributed by atoms with van der Waals surface area (Å²) in [6.07, 6.45) is 1.83. The number of carboxylic acids is 1. The SMILES string of the molecule is C=C(C)C(=O)O.C=C=C.C=Cc1ccccc1. The molecule has 0 heterocycles. The van der Waals surface area contributed by atoms with Crippen LogP contribution in [0, 0.1) is 0 Å². The van der Waals surface area contributed by atoms with Crippen molar-refractivity contribution in [2.45, 2.75) is 6.92 Å². The maximum Gasteiger partial charge on any atom is 0.330 e. The van der Waals surface area contributed by atoms with E-state index in [1.54, 1.807) is 0 Å². The molecule has 1 rings (SSSR count). The Morgan fingerprint density at radius 3 is 1.82 bits per heavy atom. The highest BCUT2D eigenvalue weighted by atomic mass is 16.4. The zero-order valence-corrected chi connectivity index (χ0v) is 10.1. The molecule has 0 aliphatic carbocycles. The number of benzene rings is 1. The van der Waals surface area contributed by atoms with E-state index >= 15 is 0 Å². The predicted molar refractivity (Wildman–Crippen MR) is 73.7 cm³/mol. The van der Waals surface area contributed by atoms with Crippen molar-refractivity contribution >= 4 is 12.0 Å². The molecule has 0 aliphatic heterocycles. The maximum atomic E-state index is 9.60. The number of aliphatic carboxylic acids is 1. The fourth-order valence-electron chi connectivity index (χ4n) is 0.589. The first-order valence-corrected chi connectivity index (χ1v) is 4.85. The molecule has 2 heteroatoms. The quantitative estimate of drug-likeness (QED) is 0.617. The molecule has 0 spiro atoms. The summed E-state index contributed by atoms with van der Waals surface area (Å²) in [5, 5.41) is 7.89.